The summed E-state index contributed by atoms with van der Waals surface area (Å²) in [4.78, 5) is 10.4. The summed E-state index contributed by atoms with van der Waals surface area (Å²) in [6.07, 6.45) is 0. The first kappa shape index (κ1) is 24.7. The number of pyridine rings is 2. The highest BCUT2D eigenvalue weighted by Crippen LogP contribution is 2.48. The van der Waals surface area contributed by atoms with Crippen molar-refractivity contribution < 1.29 is 8.83 Å². The zero-order valence-corrected chi connectivity index (χ0v) is 25.7. The number of hydrogen-bond donors (Lipinski definition) is 0. The first-order chi connectivity index (χ1) is 22.8. The van der Waals surface area contributed by atoms with Gasteiger partial charge in [-0.3, -0.25) is 0 Å². The molecule has 0 atom stereocenters. The van der Waals surface area contributed by atoms with Crippen LogP contribution in [0.5, 0.6) is 0 Å². The van der Waals surface area contributed by atoms with Crippen molar-refractivity contribution in [2.75, 3.05) is 0 Å². The van der Waals surface area contributed by atoms with E-state index in [1.54, 1.807) is 22.7 Å². The van der Waals surface area contributed by atoms with Crippen LogP contribution in [0.25, 0.3) is 107 Å². The van der Waals surface area contributed by atoms with Crippen LogP contribution in [0, 0.1) is 0 Å². The van der Waals surface area contributed by atoms with Crippen LogP contribution in [-0.2, 0) is 0 Å². The van der Waals surface area contributed by atoms with Gasteiger partial charge in [-0.25, -0.2) is 9.97 Å². The van der Waals surface area contributed by atoms with Crippen molar-refractivity contribution in [3.05, 3.63) is 121 Å². The Morgan fingerprint density at radius 2 is 0.783 bits per heavy atom. The van der Waals surface area contributed by atoms with Gasteiger partial charge in [0.15, 0.2) is 11.2 Å². The van der Waals surface area contributed by atoms with Crippen LogP contribution in [0.15, 0.2) is 130 Å². The van der Waals surface area contributed by atoms with Crippen molar-refractivity contribution in [1.29, 1.82) is 0 Å². The maximum Gasteiger partial charge on any atom is 0.163 e. The standard InChI is InChI=1S/C40H20N2O2S2/c1-5-13-27-23(9-1)33-37(43-27)31(39-35(41-33)25-11-3-7-15-29(25)45-39)21-17-19-22(20-18-21)32-38-34(24-10-2-6-14-28(24)44-38)42-36-26-12-4-8-16-30(26)46-40(32)36/h1-20H. The molecule has 0 N–H and O–H groups in total. The number of furan rings is 2. The van der Waals surface area contributed by atoms with Crippen LogP contribution < -0.4 is 0 Å². The van der Waals surface area contributed by atoms with E-state index < -0.39 is 0 Å². The van der Waals surface area contributed by atoms with Gasteiger partial charge in [-0.05, 0) is 47.5 Å². The number of hydrogen-bond acceptors (Lipinski definition) is 6. The Hall–Kier alpha value is -5.56. The van der Waals surface area contributed by atoms with Gasteiger partial charge < -0.3 is 8.83 Å². The van der Waals surface area contributed by atoms with Crippen LogP contribution in [0.3, 0.4) is 0 Å². The van der Waals surface area contributed by atoms with E-state index in [1.165, 1.54) is 20.2 Å². The third kappa shape index (κ3) is 3.27. The molecular formula is C40H20N2O2S2. The number of nitrogens with zero attached hydrogens (tertiary/aromatic N) is 2. The van der Waals surface area contributed by atoms with E-state index >= 15 is 0 Å². The number of thiophene rings is 2. The molecule has 0 fully saturated rings. The SMILES string of the molecule is c1ccc2c(c1)oc1c(-c3ccc(-c4c5oc6ccccc6c5nc5c4sc4ccccc45)cc3)c3sc4ccccc4c3nc12. The largest absolute Gasteiger partial charge is 0.454 e. The fourth-order valence-corrected chi connectivity index (χ4v) is 9.42. The molecule has 0 spiro atoms. The van der Waals surface area contributed by atoms with E-state index in [0.717, 1.165) is 86.8 Å². The molecule has 46 heavy (non-hydrogen) atoms. The quantitative estimate of drug-likeness (QED) is 0.192. The van der Waals surface area contributed by atoms with Crippen molar-refractivity contribution in [3.8, 4) is 22.3 Å². The summed E-state index contributed by atoms with van der Waals surface area (Å²) >= 11 is 3.55. The predicted octanol–water partition coefficient (Wildman–Crippen LogP) is 12.3. The fraction of sp³-hybridized carbons (Fsp3) is 0. The van der Waals surface area contributed by atoms with E-state index in [0.29, 0.717) is 0 Å². The maximum atomic E-state index is 6.56. The minimum absolute atomic E-state index is 0.823. The van der Waals surface area contributed by atoms with Gasteiger partial charge >= 0.3 is 0 Å². The van der Waals surface area contributed by atoms with E-state index in [1.807, 2.05) is 36.4 Å². The molecule has 0 saturated carbocycles. The van der Waals surface area contributed by atoms with Crippen molar-refractivity contribution in [2.24, 2.45) is 0 Å². The summed E-state index contributed by atoms with van der Waals surface area (Å²) in [5, 5.41) is 4.40. The normalized spacial score (nSPS) is 12.3. The number of rotatable bonds is 2. The van der Waals surface area contributed by atoms with Crippen LogP contribution in [-0.4, -0.2) is 9.97 Å². The van der Waals surface area contributed by atoms with Crippen molar-refractivity contribution in [3.63, 3.8) is 0 Å². The Bertz CT molecular complexity index is 2650. The lowest BCUT2D eigenvalue weighted by molar-refractivity contribution is 0.669. The average Bonchev–Trinajstić information content (AvgIpc) is 3.86. The molecule has 0 amide bonds. The second-order valence-electron chi connectivity index (χ2n) is 11.7. The number of benzene rings is 5. The molecule has 11 rings (SSSR count). The Kier molecular flexibility index (Phi) is 4.84. The maximum absolute atomic E-state index is 6.56. The molecular weight excluding hydrogens is 605 g/mol. The van der Waals surface area contributed by atoms with Gasteiger partial charge in [0, 0.05) is 42.1 Å². The molecule has 6 heteroatoms. The first-order valence-corrected chi connectivity index (χ1v) is 16.8. The second kappa shape index (κ2) is 9.01. The third-order valence-electron chi connectivity index (χ3n) is 9.09. The van der Waals surface area contributed by atoms with E-state index in [9.17, 15) is 0 Å². The van der Waals surface area contributed by atoms with Crippen LogP contribution in [0.4, 0.5) is 0 Å². The molecule has 0 radical (unpaired) electrons. The molecule has 0 aliphatic rings. The number of para-hydroxylation sites is 2. The molecule has 4 nitrogen and oxygen atoms in total. The van der Waals surface area contributed by atoms with Gasteiger partial charge in [0.2, 0.25) is 0 Å². The molecule has 0 unspecified atom stereocenters. The fourth-order valence-electron chi connectivity index (χ4n) is 7.01. The molecule has 11 aromatic rings. The van der Waals surface area contributed by atoms with Gasteiger partial charge in [0.25, 0.3) is 0 Å². The Balaban J connectivity index is 1.21. The van der Waals surface area contributed by atoms with E-state index in [-0.39, 0.29) is 0 Å². The Morgan fingerprint density at radius 3 is 1.24 bits per heavy atom. The smallest absolute Gasteiger partial charge is 0.163 e. The summed E-state index contributed by atoms with van der Waals surface area (Å²) in [5.74, 6) is 0. The summed E-state index contributed by atoms with van der Waals surface area (Å²) < 4.78 is 17.8. The Labute approximate surface area is 268 Å². The topological polar surface area (TPSA) is 52.1 Å². The molecule has 214 valence electrons. The number of fused-ring (bicyclic) bond motifs is 12. The summed E-state index contributed by atoms with van der Waals surface area (Å²) in [7, 11) is 0. The van der Waals surface area contributed by atoms with Gasteiger partial charge in [-0.2, -0.15) is 0 Å². The van der Waals surface area contributed by atoms with Gasteiger partial charge in [-0.1, -0.05) is 84.9 Å². The molecule has 0 aliphatic carbocycles. The molecule has 5 aromatic carbocycles. The van der Waals surface area contributed by atoms with Crippen LogP contribution >= 0.6 is 22.7 Å². The molecule has 6 aromatic heterocycles. The van der Waals surface area contributed by atoms with Crippen molar-refractivity contribution in [2.45, 2.75) is 0 Å². The van der Waals surface area contributed by atoms with E-state index in [2.05, 4.69) is 84.9 Å². The summed E-state index contributed by atoms with van der Waals surface area (Å²) in [6.45, 7) is 0. The molecule has 0 saturated heterocycles. The monoisotopic (exact) mass is 624 g/mol. The number of aromatic nitrogens is 2. The lowest BCUT2D eigenvalue weighted by Gasteiger charge is -2.09. The Morgan fingerprint density at radius 1 is 0.391 bits per heavy atom. The summed E-state index contributed by atoms with van der Waals surface area (Å²) in [6, 6.07) is 42.3. The molecule has 0 aliphatic heterocycles. The van der Waals surface area contributed by atoms with E-state index in [4.69, 9.17) is 18.8 Å². The molecule has 6 heterocycles. The van der Waals surface area contributed by atoms with Gasteiger partial charge in [-0.15, -0.1) is 22.7 Å². The minimum atomic E-state index is 0.823. The third-order valence-corrected chi connectivity index (χ3v) is 11.4. The van der Waals surface area contributed by atoms with Gasteiger partial charge in [0.05, 0.1) is 20.4 Å². The highest BCUT2D eigenvalue weighted by atomic mass is 32.1. The van der Waals surface area contributed by atoms with Crippen molar-refractivity contribution in [1.82, 2.24) is 9.97 Å². The highest BCUT2D eigenvalue weighted by molar-refractivity contribution is 7.26. The minimum Gasteiger partial charge on any atom is -0.454 e. The summed E-state index contributed by atoms with van der Waals surface area (Å²) in [5.41, 5.74) is 11.5. The molecule has 0 bridgehead atoms. The first-order valence-electron chi connectivity index (χ1n) is 15.2. The van der Waals surface area contributed by atoms with Gasteiger partial charge in [0.1, 0.15) is 22.2 Å². The lowest BCUT2D eigenvalue weighted by atomic mass is 9.98. The highest BCUT2D eigenvalue weighted by Gasteiger charge is 2.23. The zero-order valence-electron chi connectivity index (χ0n) is 24.1. The second-order valence-corrected chi connectivity index (χ2v) is 13.8. The van der Waals surface area contributed by atoms with Crippen LogP contribution in [0.2, 0.25) is 0 Å². The average molecular weight is 625 g/mol. The lowest BCUT2D eigenvalue weighted by Crippen LogP contribution is -1.87. The van der Waals surface area contributed by atoms with Crippen LogP contribution in [0.1, 0.15) is 0 Å². The van der Waals surface area contributed by atoms with Crippen molar-refractivity contribution >= 4 is 107 Å². The zero-order chi connectivity index (χ0) is 29.9. The predicted molar refractivity (Wildman–Crippen MR) is 193 cm³/mol.